The Hall–Kier alpha value is -2.29. The summed E-state index contributed by atoms with van der Waals surface area (Å²) in [5.41, 5.74) is 0.805. The summed E-state index contributed by atoms with van der Waals surface area (Å²) in [5, 5.41) is 0. The summed E-state index contributed by atoms with van der Waals surface area (Å²) >= 11 is 0. The van der Waals surface area contributed by atoms with Crippen LogP contribution in [0.3, 0.4) is 0 Å². The van der Waals surface area contributed by atoms with Crippen LogP contribution in [0.15, 0.2) is 54.6 Å². The van der Waals surface area contributed by atoms with Gasteiger partial charge in [0.2, 0.25) is 0 Å². The lowest BCUT2D eigenvalue weighted by Crippen LogP contribution is -1.94. The van der Waals surface area contributed by atoms with Gasteiger partial charge in [0.15, 0.2) is 0 Å². The van der Waals surface area contributed by atoms with Gasteiger partial charge in [-0.1, -0.05) is 36.4 Å². The molecule has 0 amide bonds. The van der Waals surface area contributed by atoms with Crippen LogP contribution in [0.4, 0.5) is 0 Å². The van der Waals surface area contributed by atoms with E-state index in [2.05, 4.69) is 4.74 Å². The molecule has 0 saturated carbocycles. The molecule has 0 spiro atoms. The lowest BCUT2D eigenvalue weighted by molar-refractivity contribution is 0.263. The predicted octanol–water partition coefficient (Wildman–Crippen LogP) is 3.06. The number of rotatable bonds is 5. The molecule has 0 N–H and O–H groups in total. The van der Waals surface area contributed by atoms with Crippen molar-refractivity contribution in [1.29, 1.82) is 0 Å². The molecular formula is C14H11O3. The van der Waals surface area contributed by atoms with E-state index in [1.165, 1.54) is 6.47 Å². The molecule has 0 aliphatic heterocycles. The number of carbonyl (C=O) groups excluding carboxylic acids is 1. The molecule has 0 aliphatic carbocycles. The molecule has 0 heterocycles. The SMILES string of the molecule is O=[C]OCc1ccccc1Oc1ccccc1. The van der Waals surface area contributed by atoms with E-state index in [4.69, 9.17) is 4.74 Å². The first-order valence-corrected chi connectivity index (χ1v) is 5.20. The van der Waals surface area contributed by atoms with E-state index >= 15 is 0 Å². The van der Waals surface area contributed by atoms with Gasteiger partial charge in [0.05, 0.1) is 0 Å². The average molecular weight is 227 g/mol. The molecule has 0 atom stereocenters. The van der Waals surface area contributed by atoms with Crippen molar-refractivity contribution in [3.63, 3.8) is 0 Å². The zero-order chi connectivity index (χ0) is 11.9. The van der Waals surface area contributed by atoms with Crippen molar-refractivity contribution < 1.29 is 14.3 Å². The first kappa shape index (κ1) is 11.2. The Kier molecular flexibility index (Phi) is 3.76. The van der Waals surface area contributed by atoms with Gasteiger partial charge in [-0.2, -0.15) is 0 Å². The van der Waals surface area contributed by atoms with Crippen molar-refractivity contribution in [1.82, 2.24) is 0 Å². The Balaban J connectivity index is 2.17. The number of hydrogen-bond acceptors (Lipinski definition) is 3. The normalized spacial score (nSPS) is 9.65. The van der Waals surface area contributed by atoms with E-state index < -0.39 is 0 Å². The molecule has 0 unspecified atom stereocenters. The fraction of sp³-hybridized carbons (Fsp3) is 0.0714. The quantitative estimate of drug-likeness (QED) is 0.787. The molecular weight excluding hydrogens is 216 g/mol. The summed E-state index contributed by atoms with van der Waals surface area (Å²) in [5.74, 6) is 1.42. The van der Waals surface area contributed by atoms with Gasteiger partial charge in [-0.05, 0) is 18.2 Å². The van der Waals surface area contributed by atoms with Gasteiger partial charge in [-0.3, -0.25) is 0 Å². The zero-order valence-corrected chi connectivity index (χ0v) is 9.13. The highest BCUT2D eigenvalue weighted by molar-refractivity contribution is 5.41. The highest BCUT2D eigenvalue weighted by atomic mass is 16.5. The van der Waals surface area contributed by atoms with E-state index in [1.54, 1.807) is 0 Å². The second-order valence-electron chi connectivity index (χ2n) is 3.39. The lowest BCUT2D eigenvalue weighted by Gasteiger charge is -2.09. The number of ether oxygens (including phenoxy) is 2. The molecule has 0 aliphatic rings. The van der Waals surface area contributed by atoms with Gasteiger partial charge in [-0.15, -0.1) is 0 Å². The highest BCUT2D eigenvalue weighted by Crippen LogP contribution is 2.25. The molecule has 0 saturated heterocycles. The summed E-state index contributed by atoms with van der Waals surface area (Å²) in [4.78, 5) is 10.1. The van der Waals surface area contributed by atoms with Crippen molar-refractivity contribution >= 4 is 6.47 Å². The molecule has 0 bridgehead atoms. The van der Waals surface area contributed by atoms with E-state index in [0.717, 1.165) is 11.3 Å². The van der Waals surface area contributed by atoms with E-state index in [9.17, 15) is 4.79 Å². The minimum atomic E-state index is 0.159. The van der Waals surface area contributed by atoms with Crippen LogP contribution in [0.1, 0.15) is 5.56 Å². The second kappa shape index (κ2) is 5.70. The molecule has 85 valence electrons. The standard InChI is InChI=1S/C14H11O3/c15-11-16-10-12-6-4-5-9-14(12)17-13-7-2-1-3-8-13/h1-9H,10H2. The fourth-order valence-corrected chi connectivity index (χ4v) is 1.45. The smallest absolute Gasteiger partial charge is 0.417 e. The van der Waals surface area contributed by atoms with Gasteiger partial charge in [0, 0.05) is 5.56 Å². The zero-order valence-electron chi connectivity index (χ0n) is 9.13. The van der Waals surface area contributed by atoms with Gasteiger partial charge in [-0.25, -0.2) is 4.79 Å². The van der Waals surface area contributed by atoms with Gasteiger partial charge >= 0.3 is 6.47 Å². The third-order valence-electron chi connectivity index (χ3n) is 2.23. The van der Waals surface area contributed by atoms with Crippen LogP contribution in [-0.4, -0.2) is 6.47 Å². The average Bonchev–Trinajstić information content (AvgIpc) is 2.39. The molecule has 3 heteroatoms. The molecule has 0 fully saturated rings. The van der Waals surface area contributed by atoms with Crippen molar-refractivity contribution in [3.05, 3.63) is 60.2 Å². The summed E-state index contributed by atoms with van der Waals surface area (Å²) < 4.78 is 10.3. The van der Waals surface area contributed by atoms with Crippen LogP contribution in [0.5, 0.6) is 11.5 Å². The lowest BCUT2D eigenvalue weighted by atomic mass is 10.2. The van der Waals surface area contributed by atoms with Crippen molar-refractivity contribution in [2.75, 3.05) is 0 Å². The molecule has 0 aromatic heterocycles. The van der Waals surface area contributed by atoms with Crippen molar-refractivity contribution in [3.8, 4) is 11.5 Å². The summed E-state index contributed by atoms with van der Waals surface area (Å²) in [7, 11) is 0. The topological polar surface area (TPSA) is 35.5 Å². The van der Waals surface area contributed by atoms with Crippen LogP contribution in [0.2, 0.25) is 0 Å². The largest absolute Gasteiger partial charge is 0.457 e. The Labute approximate surface area is 99.6 Å². The molecule has 2 aromatic rings. The Bertz CT molecular complexity index is 480. The first-order chi connectivity index (χ1) is 8.40. The van der Waals surface area contributed by atoms with Gasteiger partial charge in [0.1, 0.15) is 18.1 Å². The maximum absolute atomic E-state index is 10.1. The molecule has 2 aromatic carbocycles. The monoisotopic (exact) mass is 227 g/mol. The molecule has 17 heavy (non-hydrogen) atoms. The van der Waals surface area contributed by atoms with Crippen LogP contribution in [0, 0.1) is 0 Å². The van der Waals surface area contributed by atoms with E-state index in [1.807, 2.05) is 54.6 Å². The molecule has 1 radical (unpaired) electrons. The van der Waals surface area contributed by atoms with Crippen LogP contribution in [0.25, 0.3) is 0 Å². The third kappa shape index (κ3) is 3.08. The Morgan fingerprint density at radius 2 is 1.65 bits per heavy atom. The minimum Gasteiger partial charge on any atom is -0.457 e. The highest BCUT2D eigenvalue weighted by Gasteiger charge is 2.04. The van der Waals surface area contributed by atoms with Crippen LogP contribution < -0.4 is 4.74 Å². The van der Waals surface area contributed by atoms with E-state index in [0.29, 0.717) is 5.75 Å². The van der Waals surface area contributed by atoms with Crippen molar-refractivity contribution in [2.24, 2.45) is 0 Å². The summed E-state index contributed by atoms with van der Waals surface area (Å²) in [6.45, 7) is 1.56. The molecule has 3 nitrogen and oxygen atoms in total. The van der Waals surface area contributed by atoms with E-state index in [-0.39, 0.29) is 6.61 Å². The maximum atomic E-state index is 10.1. The minimum absolute atomic E-state index is 0.159. The second-order valence-corrected chi connectivity index (χ2v) is 3.39. The van der Waals surface area contributed by atoms with Crippen LogP contribution >= 0.6 is 0 Å². The molecule has 2 rings (SSSR count). The van der Waals surface area contributed by atoms with Crippen molar-refractivity contribution in [2.45, 2.75) is 6.61 Å². The fourth-order valence-electron chi connectivity index (χ4n) is 1.45. The van der Waals surface area contributed by atoms with Gasteiger partial charge < -0.3 is 9.47 Å². The van der Waals surface area contributed by atoms with Gasteiger partial charge in [0.25, 0.3) is 0 Å². The number of para-hydroxylation sites is 2. The number of hydrogen-bond donors (Lipinski definition) is 0. The summed E-state index contributed by atoms with van der Waals surface area (Å²) in [6, 6.07) is 16.8. The Morgan fingerprint density at radius 1 is 0.941 bits per heavy atom. The predicted molar refractivity (Wildman–Crippen MR) is 63.4 cm³/mol. The maximum Gasteiger partial charge on any atom is 0.417 e. The van der Waals surface area contributed by atoms with Crippen LogP contribution in [-0.2, 0) is 16.1 Å². The first-order valence-electron chi connectivity index (χ1n) is 5.20. The number of benzene rings is 2. The Morgan fingerprint density at radius 3 is 2.41 bits per heavy atom. The third-order valence-corrected chi connectivity index (χ3v) is 2.23. The summed E-state index contributed by atoms with van der Waals surface area (Å²) in [6.07, 6.45) is 0.